The van der Waals surface area contributed by atoms with Crippen LogP contribution in [-0.4, -0.2) is 17.6 Å². The maximum Gasteiger partial charge on any atom is 0.287 e. The largest absolute Gasteiger partial charge is 0.483 e. The monoisotopic (exact) mass is 339 g/mol. The SMILES string of the molecule is Cc1c(C(=O)NC2CCCCC2)oc2ccc3c(c12)C=CC(C)(C)O3. The van der Waals surface area contributed by atoms with Crippen LogP contribution < -0.4 is 10.1 Å². The number of fused-ring (bicyclic) bond motifs is 3. The van der Waals surface area contributed by atoms with Crippen LogP contribution in [0.1, 0.15) is 67.6 Å². The third-order valence-corrected chi connectivity index (χ3v) is 5.27. The molecule has 0 radical (unpaired) electrons. The van der Waals surface area contributed by atoms with Crippen LogP contribution in [-0.2, 0) is 0 Å². The van der Waals surface area contributed by atoms with Crippen molar-refractivity contribution in [2.24, 2.45) is 0 Å². The van der Waals surface area contributed by atoms with Gasteiger partial charge in [-0.15, -0.1) is 0 Å². The fraction of sp³-hybridized carbons (Fsp3) is 0.476. The first-order valence-corrected chi connectivity index (χ1v) is 9.20. The first-order valence-electron chi connectivity index (χ1n) is 9.20. The summed E-state index contributed by atoms with van der Waals surface area (Å²) in [4.78, 5) is 12.7. The topological polar surface area (TPSA) is 51.5 Å². The van der Waals surface area contributed by atoms with Gasteiger partial charge in [-0.25, -0.2) is 0 Å². The number of ether oxygens (including phenoxy) is 1. The number of aryl methyl sites for hydroxylation is 1. The average molecular weight is 339 g/mol. The van der Waals surface area contributed by atoms with Gasteiger partial charge in [-0.1, -0.05) is 25.3 Å². The van der Waals surface area contributed by atoms with Crippen LogP contribution in [0.5, 0.6) is 5.75 Å². The third-order valence-electron chi connectivity index (χ3n) is 5.27. The Balaban J connectivity index is 1.69. The Morgan fingerprint density at radius 3 is 2.72 bits per heavy atom. The highest BCUT2D eigenvalue weighted by molar-refractivity contribution is 6.02. The fourth-order valence-corrected chi connectivity index (χ4v) is 3.92. The predicted octanol–water partition coefficient (Wildman–Crippen LogP) is 4.99. The van der Waals surface area contributed by atoms with E-state index in [4.69, 9.17) is 9.15 Å². The minimum absolute atomic E-state index is 0.101. The Bertz CT molecular complexity index is 854. The first kappa shape index (κ1) is 16.2. The number of nitrogens with one attached hydrogen (secondary N) is 1. The molecule has 4 rings (SSSR count). The summed E-state index contributed by atoms with van der Waals surface area (Å²) in [7, 11) is 0. The molecule has 1 fully saturated rings. The van der Waals surface area contributed by atoms with Gasteiger partial charge < -0.3 is 14.5 Å². The molecule has 0 saturated heterocycles. The van der Waals surface area contributed by atoms with E-state index in [-0.39, 0.29) is 17.6 Å². The van der Waals surface area contributed by atoms with Crippen LogP contribution in [0, 0.1) is 6.92 Å². The number of hydrogen-bond donors (Lipinski definition) is 1. The van der Waals surface area contributed by atoms with Crippen molar-refractivity contribution in [3.05, 3.63) is 35.1 Å². The lowest BCUT2D eigenvalue weighted by molar-refractivity contribution is 0.0901. The molecule has 0 bridgehead atoms. The molecule has 25 heavy (non-hydrogen) atoms. The second kappa shape index (κ2) is 5.94. The van der Waals surface area contributed by atoms with E-state index in [2.05, 4.69) is 11.4 Å². The zero-order chi connectivity index (χ0) is 17.6. The van der Waals surface area contributed by atoms with E-state index in [1.807, 2.05) is 39.0 Å². The van der Waals surface area contributed by atoms with Crippen LogP contribution in [0.4, 0.5) is 0 Å². The van der Waals surface area contributed by atoms with E-state index in [0.29, 0.717) is 5.76 Å². The number of hydrogen-bond acceptors (Lipinski definition) is 3. The maximum absolute atomic E-state index is 12.7. The molecule has 1 aromatic carbocycles. The van der Waals surface area contributed by atoms with Crippen molar-refractivity contribution in [2.75, 3.05) is 0 Å². The van der Waals surface area contributed by atoms with Gasteiger partial charge in [-0.3, -0.25) is 4.79 Å². The molecule has 1 N–H and O–H groups in total. The van der Waals surface area contributed by atoms with E-state index in [1.165, 1.54) is 19.3 Å². The van der Waals surface area contributed by atoms with Crippen molar-refractivity contribution >= 4 is 23.0 Å². The molecular weight excluding hydrogens is 314 g/mol. The highest BCUT2D eigenvalue weighted by Crippen LogP contribution is 2.39. The summed E-state index contributed by atoms with van der Waals surface area (Å²) < 4.78 is 12.0. The van der Waals surface area contributed by atoms with Gasteiger partial charge in [0.2, 0.25) is 0 Å². The Morgan fingerprint density at radius 2 is 1.96 bits per heavy atom. The molecule has 2 aromatic rings. The van der Waals surface area contributed by atoms with Crippen LogP contribution in [0.25, 0.3) is 17.0 Å². The minimum Gasteiger partial charge on any atom is -0.483 e. The molecule has 0 spiro atoms. The molecule has 4 nitrogen and oxygen atoms in total. The first-order chi connectivity index (χ1) is 11.9. The van der Waals surface area contributed by atoms with Gasteiger partial charge in [0.15, 0.2) is 5.76 Å². The molecule has 1 amide bonds. The van der Waals surface area contributed by atoms with Gasteiger partial charge in [0.05, 0.1) is 0 Å². The molecule has 1 saturated carbocycles. The number of benzene rings is 1. The standard InChI is InChI=1S/C21H25NO3/c1-13-18-15-11-12-21(2,3)25-16(15)9-10-17(18)24-19(13)20(23)22-14-7-5-4-6-8-14/h9-12,14H,4-8H2,1-3H3,(H,22,23). The van der Waals surface area contributed by atoms with Gasteiger partial charge in [-0.05, 0) is 51.8 Å². The zero-order valence-electron chi connectivity index (χ0n) is 15.1. The van der Waals surface area contributed by atoms with E-state index in [1.54, 1.807) is 0 Å². The molecule has 2 aliphatic rings. The van der Waals surface area contributed by atoms with Gasteiger partial charge in [0, 0.05) is 22.6 Å². The molecule has 132 valence electrons. The molecular formula is C21H25NO3. The summed E-state index contributed by atoms with van der Waals surface area (Å²) in [6, 6.07) is 4.09. The lowest BCUT2D eigenvalue weighted by Crippen LogP contribution is -2.36. The second-order valence-corrected chi connectivity index (χ2v) is 7.75. The quantitative estimate of drug-likeness (QED) is 0.839. The normalized spacial score (nSPS) is 19.5. The highest BCUT2D eigenvalue weighted by atomic mass is 16.5. The number of carbonyl (C=O) groups is 1. The predicted molar refractivity (Wildman–Crippen MR) is 99.0 cm³/mol. The Labute approximate surface area is 148 Å². The van der Waals surface area contributed by atoms with E-state index >= 15 is 0 Å². The van der Waals surface area contributed by atoms with Crippen molar-refractivity contribution in [3.63, 3.8) is 0 Å². The summed E-state index contributed by atoms with van der Waals surface area (Å²) in [6.45, 7) is 6.01. The molecule has 0 unspecified atom stereocenters. The van der Waals surface area contributed by atoms with Crippen LogP contribution >= 0.6 is 0 Å². The van der Waals surface area contributed by atoms with Gasteiger partial charge in [0.25, 0.3) is 5.91 Å². The molecule has 1 aliphatic heterocycles. The smallest absolute Gasteiger partial charge is 0.287 e. The lowest BCUT2D eigenvalue weighted by atomic mass is 9.95. The summed E-state index contributed by atoms with van der Waals surface area (Å²) in [6.07, 6.45) is 9.89. The maximum atomic E-state index is 12.7. The highest BCUT2D eigenvalue weighted by Gasteiger charge is 2.27. The van der Waals surface area contributed by atoms with Gasteiger partial charge in [-0.2, -0.15) is 0 Å². The molecule has 4 heteroatoms. The summed E-state index contributed by atoms with van der Waals surface area (Å²) in [5.74, 6) is 1.16. The Morgan fingerprint density at radius 1 is 1.20 bits per heavy atom. The van der Waals surface area contributed by atoms with E-state index in [0.717, 1.165) is 40.7 Å². The lowest BCUT2D eigenvalue weighted by Gasteiger charge is -2.28. The summed E-state index contributed by atoms with van der Waals surface area (Å²) in [5.41, 5.74) is 2.29. The number of furan rings is 1. The molecule has 2 heterocycles. The van der Waals surface area contributed by atoms with Crippen LogP contribution in [0.3, 0.4) is 0 Å². The Kier molecular flexibility index (Phi) is 3.86. The van der Waals surface area contributed by atoms with Crippen LogP contribution in [0.2, 0.25) is 0 Å². The number of amides is 1. The number of rotatable bonds is 2. The Hall–Kier alpha value is -2.23. The fourth-order valence-electron chi connectivity index (χ4n) is 3.92. The average Bonchev–Trinajstić information content (AvgIpc) is 2.92. The molecule has 0 atom stereocenters. The van der Waals surface area contributed by atoms with E-state index in [9.17, 15) is 4.79 Å². The third kappa shape index (κ3) is 2.94. The molecule has 1 aromatic heterocycles. The van der Waals surface area contributed by atoms with Crippen molar-refractivity contribution in [2.45, 2.75) is 64.5 Å². The summed E-state index contributed by atoms with van der Waals surface area (Å²) in [5, 5.41) is 4.12. The van der Waals surface area contributed by atoms with Crippen LogP contribution in [0.15, 0.2) is 22.6 Å². The number of carbonyl (C=O) groups excluding carboxylic acids is 1. The second-order valence-electron chi connectivity index (χ2n) is 7.75. The van der Waals surface area contributed by atoms with E-state index < -0.39 is 0 Å². The van der Waals surface area contributed by atoms with Gasteiger partial charge >= 0.3 is 0 Å². The van der Waals surface area contributed by atoms with Crippen molar-refractivity contribution in [1.82, 2.24) is 5.32 Å². The van der Waals surface area contributed by atoms with Gasteiger partial charge in [0.1, 0.15) is 16.9 Å². The summed E-state index contributed by atoms with van der Waals surface area (Å²) >= 11 is 0. The van der Waals surface area contributed by atoms with Crippen molar-refractivity contribution in [1.29, 1.82) is 0 Å². The zero-order valence-corrected chi connectivity index (χ0v) is 15.1. The van der Waals surface area contributed by atoms with Crippen molar-refractivity contribution in [3.8, 4) is 5.75 Å². The van der Waals surface area contributed by atoms with Crippen molar-refractivity contribution < 1.29 is 13.9 Å². The molecule has 1 aliphatic carbocycles. The minimum atomic E-state index is -0.320.